The Bertz CT molecular complexity index is 1390. The summed E-state index contributed by atoms with van der Waals surface area (Å²) in [4.78, 5) is 17.5. The van der Waals surface area contributed by atoms with Gasteiger partial charge in [-0.3, -0.25) is 13.7 Å². The molecular weight excluding hydrogens is 470 g/mol. The quantitative estimate of drug-likeness (QED) is 0.581. The average molecular weight is 492 g/mol. The number of nitriles is 1. The molecule has 168 valence electrons. The Kier molecular flexibility index (Phi) is 6.02. The molecule has 0 amide bonds. The molecule has 1 aliphatic rings. The molecule has 2 atom stereocenters. The van der Waals surface area contributed by atoms with Crippen molar-refractivity contribution >= 4 is 54.7 Å². The minimum Gasteiger partial charge on any atom is -0.343 e. The number of aromatic nitrogens is 2. The second kappa shape index (κ2) is 8.48. The van der Waals surface area contributed by atoms with E-state index < -0.39 is 15.6 Å². The number of fused-ring (bicyclic) bond motifs is 1. The van der Waals surface area contributed by atoms with Crippen LogP contribution in [0.3, 0.4) is 0 Å². The molecule has 1 N–H and O–H groups in total. The SMILES string of the molecule is CC(C)[C@@H]1CN(S(C)(=O)=O)C[C@H]1n1sc(Nc2c(Cl)ccc3ncccc23)c(C#N)c1=O. The zero-order chi connectivity index (χ0) is 23.2. The first-order chi connectivity index (χ1) is 15.1. The zero-order valence-corrected chi connectivity index (χ0v) is 20.1. The van der Waals surface area contributed by atoms with Crippen LogP contribution in [-0.2, 0) is 10.0 Å². The molecule has 1 fully saturated rings. The fourth-order valence-corrected chi connectivity index (χ4v) is 6.29. The van der Waals surface area contributed by atoms with Gasteiger partial charge in [0.2, 0.25) is 10.0 Å². The standard InChI is InChI=1S/C21H22ClN5O3S2/c1-12(2)15-10-26(32(3,29)30)11-18(15)27-21(28)14(9-23)20(31-27)25-19-13-5-4-8-24-17(13)7-6-16(19)22/h4-8,12,15,18,25H,10-11H2,1-3H3/t15-,18+/m0/s1. The van der Waals surface area contributed by atoms with Crippen molar-refractivity contribution < 1.29 is 8.42 Å². The highest BCUT2D eigenvalue weighted by Crippen LogP contribution is 2.39. The van der Waals surface area contributed by atoms with Gasteiger partial charge in [0.1, 0.15) is 11.1 Å². The monoisotopic (exact) mass is 491 g/mol. The summed E-state index contributed by atoms with van der Waals surface area (Å²) >= 11 is 7.55. The molecule has 4 rings (SSSR count). The summed E-state index contributed by atoms with van der Waals surface area (Å²) in [5.41, 5.74) is 0.837. The number of nitrogens with zero attached hydrogens (tertiary/aromatic N) is 4. The van der Waals surface area contributed by atoms with Crippen LogP contribution in [-0.4, -0.2) is 41.0 Å². The lowest BCUT2D eigenvalue weighted by atomic mass is 9.91. The third-order valence-electron chi connectivity index (χ3n) is 5.84. The molecule has 0 aliphatic carbocycles. The lowest BCUT2D eigenvalue weighted by Crippen LogP contribution is -2.29. The smallest absolute Gasteiger partial charge is 0.281 e. The summed E-state index contributed by atoms with van der Waals surface area (Å²) in [6.45, 7) is 4.56. The number of pyridine rings is 1. The number of anilines is 2. The lowest BCUT2D eigenvalue weighted by molar-refractivity contribution is 0.324. The van der Waals surface area contributed by atoms with E-state index in [1.807, 2.05) is 26.0 Å². The van der Waals surface area contributed by atoms with E-state index in [9.17, 15) is 18.5 Å². The number of sulfonamides is 1. The van der Waals surface area contributed by atoms with E-state index in [0.717, 1.165) is 22.4 Å². The van der Waals surface area contributed by atoms with Gasteiger partial charge in [0, 0.05) is 24.7 Å². The summed E-state index contributed by atoms with van der Waals surface area (Å²) < 4.78 is 27.2. The van der Waals surface area contributed by atoms with Crippen LogP contribution >= 0.6 is 23.1 Å². The van der Waals surface area contributed by atoms with Crippen molar-refractivity contribution in [3.63, 3.8) is 0 Å². The highest BCUT2D eigenvalue weighted by atomic mass is 35.5. The molecule has 0 saturated carbocycles. The molecule has 3 heterocycles. The summed E-state index contributed by atoms with van der Waals surface area (Å²) in [5, 5.41) is 14.5. The van der Waals surface area contributed by atoms with Crippen molar-refractivity contribution in [1.29, 1.82) is 5.26 Å². The van der Waals surface area contributed by atoms with Crippen LogP contribution < -0.4 is 10.9 Å². The van der Waals surface area contributed by atoms with E-state index in [1.54, 1.807) is 24.4 Å². The summed E-state index contributed by atoms with van der Waals surface area (Å²) in [6.07, 6.45) is 2.85. The first-order valence-corrected chi connectivity index (χ1v) is 13.0. The van der Waals surface area contributed by atoms with Gasteiger partial charge in [0.25, 0.3) is 5.56 Å². The molecule has 3 aromatic rings. The maximum atomic E-state index is 13.2. The van der Waals surface area contributed by atoms with Crippen LogP contribution in [0, 0.1) is 23.2 Å². The number of benzene rings is 1. The second-order valence-electron chi connectivity index (χ2n) is 8.21. The van der Waals surface area contributed by atoms with Gasteiger partial charge in [-0.05, 0) is 47.6 Å². The number of hydrogen-bond acceptors (Lipinski definition) is 7. The van der Waals surface area contributed by atoms with E-state index in [1.165, 1.54) is 14.5 Å². The molecular formula is C21H22ClN5O3S2. The first-order valence-electron chi connectivity index (χ1n) is 10.0. The van der Waals surface area contributed by atoms with Gasteiger partial charge in [-0.25, -0.2) is 8.42 Å². The minimum atomic E-state index is -3.39. The Morgan fingerprint density at radius 2 is 2.06 bits per heavy atom. The summed E-state index contributed by atoms with van der Waals surface area (Å²) in [7, 11) is -3.39. The van der Waals surface area contributed by atoms with Gasteiger partial charge < -0.3 is 5.32 Å². The van der Waals surface area contributed by atoms with Gasteiger partial charge >= 0.3 is 0 Å². The third-order valence-corrected chi connectivity index (χ3v) is 8.51. The predicted molar refractivity (Wildman–Crippen MR) is 127 cm³/mol. The van der Waals surface area contributed by atoms with Crippen LogP contribution in [0.15, 0.2) is 35.3 Å². The molecule has 1 saturated heterocycles. The third kappa shape index (κ3) is 4.01. The van der Waals surface area contributed by atoms with Crippen LogP contribution in [0.4, 0.5) is 10.7 Å². The van der Waals surface area contributed by atoms with Gasteiger partial charge in [-0.1, -0.05) is 25.4 Å². The molecule has 0 bridgehead atoms. The molecule has 0 spiro atoms. The Hall–Kier alpha value is -2.45. The van der Waals surface area contributed by atoms with Crippen LogP contribution in [0.5, 0.6) is 0 Å². The first kappa shape index (κ1) is 22.7. The van der Waals surface area contributed by atoms with E-state index in [-0.39, 0.29) is 30.0 Å². The zero-order valence-electron chi connectivity index (χ0n) is 17.7. The van der Waals surface area contributed by atoms with Crippen LogP contribution in [0.2, 0.25) is 5.02 Å². The van der Waals surface area contributed by atoms with E-state index in [4.69, 9.17) is 11.6 Å². The Morgan fingerprint density at radius 1 is 1.31 bits per heavy atom. The molecule has 2 aromatic heterocycles. The lowest BCUT2D eigenvalue weighted by Gasteiger charge is -2.21. The highest BCUT2D eigenvalue weighted by molar-refractivity contribution is 7.88. The number of nitrogens with one attached hydrogen (secondary N) is 1. The van der Waals surface area contributed by atoms with Gasteiger partial charge in [0.15, 0.2) is 5.56 Å². The fraction of sp³-hybridized carbons (Fsp3) is 0.381. The second-order valence-corrected chi connectivity index (χ2v) is 11.6. The fourth-order valence-electron chi connectivity index (χ4n) is 4.11. The van der Waals surface area contributed by atoms with Gasteiger partial charge in [0.05, 0.1) is 28.5 Å². The number of hydrogen-bond donors (Lipinski definition) is 1. The molecule has 1 aliphatic heterocycles. The van der Waals surface area contributed by atoms with Crippen molar-refractivity contribution in [1.82, 2.24) is 13.2 Å². The molecule has 0 unspecified atom stereocenters. The van der Waals surface area contributed by atoms with Gasteiger partial charge in [-0.15, -0.1) is 0 Å². The van der Waals surface area contributed by atoms with Crippen molar-refractivity contribution in [3.8, 4) is 6.07 Å². The molecule has 32 heavy (non-hydrogen) atoms. The van der Waals surface area contributed by atoms with E-state index >= 15 is 0 Å². The van der Waals surface area contributed by atoms with E-state index in [2.05, 4.69) is 10.3 Å². The molecule has 1 aromatic carbocycles. The van der Waals surface area contributed by atoms with Crippen molar-refractivity contribution in [3.05, 3.63) is 51.4 Å². The highest BCUT2D eigenvalue weighted by Gasteiger charge is 2.41. The van der Waals surface area contributed by atoms with Crippen molar-refractivity contribution in [2.45, 2.75) is 19.9 Å². The maximum Gasteiger partial charge on any atom is 0.281 e. The van der Waals surface area contributed by atoms with Crippen molar-refractivity contribution in [2.24, 2.45) is 11.8 Å². The van der Waals surface area contributed by atoms with Gasteiger partial charge in [-0.2, -0.15) is 9.57 Å². The Labute approximate surface area is 195 Å². The Morgan fingerprint density at radius 3 is 2.72 bits per heavy atom. The van der Waals surface area contributed by atoms with E-state index in [0.29, 0.717) is 22.3 Å². The normalized spacial score (nSPS) is 19.5. The maximum absolute atomic E-state index is 13.2. The topological polar surface area (TPSA) is 108 Å². The molecule has 0 radical (unpaired) electrons. The Balaban J connectivity index is 1.79. The number of rotatable bonds is 5. The van der Waals surface area contributed by atoms with Crippen LogP contribution in [0.25, 0.3) is 10.9 Å². The largest absolute Gasteiger partial charge is 0.343 e. The average Bonchev–Trinajstić information content (AvgIpc) is 3.31. The van der Waals surface area contributed by atoms with Crippen LogP contribution in [0.1, 0.15) is 25.5 Å². The number of halogens is 1. The van der Waals surface area contributed by atoms with Crippen molar-refractivity contribution in [2.75, 3.05) is 24.7 Å². The molecule has 8 nitrogen and oxygen atoms in total. The summed E-state index contributed by atoms with van der Waals surface area (Å²) in [5.74, 6) is 0.104. The minimum absolute atomic E-state index is 0.0210. The summed E-state index contributed by atoms with van der Waals surface area (Å²) in [6, 6.07) is 8.81. The predicted octanol–water partition coefficient (Wildman–Crippen LogP) is 3.82. The molecule has 11 heteroatoms.